The maximum absolute atomic E-state index is 13.7. The van der Waals surface area contributed by atoms with Crippen LogP contribution >= 0.6 is 0 Å². The molecule has 3 unspecified atom stereocenters. The molecule has 12 aromatic rings. The molecule has 3 aliphatic rings. The summed E-state index contributed by atoms with van der Waals surface area (Å²) in [6.45, 7) is 3.55. The smallest absolute Gasteiger partial charge is 0.269 e. The number of benzene rings is 12. The first-order chi connectivity index (χ1) is 45.6. The SMILES string of the molecule is COc1ccc(C(=O)N2Cc3ccccc3C(c3ccccc3)c3ccccc32)cc1.Cc1ccc(C(=O)N2Cc3ccccc3C(c3ccccc3)c3ccccc32)cc1.O=C(c1ccc([N+](=O)[O-])cc1)N1Cc2ccccc2C(c2ccccc2)c2ccccc21. The Morgan fingerprint density at radius 3 is 0.925 bits per heavy atom. The van der Waals surface area contributed by atoms with Gasteiger partial charge in [-0.1, -0.05) is 236 Å². The number of nitrogens with zero attached hydrogens (tertiary/aromatic N) is 4. The van der Waals surface area contributed by atoms with Gasteiger partial charge in [-0.2, -0.15) is 0 Å². The van der Waals surface area contributed by atoms with Gasteiger partial charge in [-0.05, 0) is 140 Å². The zero-order valence-corrected chi connectivity index (χ0v) is 51.5. The van der Waals surface area contributed by atoms with E-state index in [1.165, 1.54) is 57.6 Å². The van der Waals surface area contributed by atoms with Crippen LogP contribution in [-0.2, 0) is 19.6 Å². The second-order valence-corrected chi connectivity index (χ2v) is 23.4. The first-order valence-electron chi connectivity index (χ1n) is 31.2. The Bertz CT molecular complexity index is 4660. The van der Waals surface area contributed by atoms with Crippen LogP contribution < -0.4 is 19.4 Å². The molecule has 0 bridgehead atoms. The molecule has 3 heterocycles. The lowest BCUT2D eigenvalue weighted by Crippen LogP contribution is -2.30. The van der Waals surface area contributed by atoms with Crippen molar-refractivity contribution in [2.24, 2.45) is 0 Å². The second kappa shape index (κ2) is 27.2. The zero-order valence-electron chi connectivity index (χ0n) is 51.5. The number of amides is 3. The Labute approximate surface area is 542 Å². The van der Waals surface area contributed by atoms with Crippen molar-refractivity contribution in [1.29, 1.82) is 0 Å². The van der Waals surface area contributed by atoms with Crippen molar-refractivity contribution in [1.82, 2.24) is 0 Å². The highest BCUT2D eigenvalue weighted by Gasteiger charge is 2.35. The van der Waals surface area contributed by atoms with E-state index in [2.05, 4.69) is 158 Å². The van der Waals surface area contributed by atoms with Crippen LogP contribution in [-0.4, -0.2) is 29.8 Å². The van der Waals surface area contributed by atoms with Gasteiger partial charge in [0, 0.05) is 63.6 Å². The van der Waals surface area contributed by atoms with E-state index in [1.54, 1.807) is 12.0 Å². The van der Waals surface area contributed by atoms with Crippen molar-refractivity contribution in [3.63, 3.8) is 0 Å². The molecule has 3 amide bonds. The van der Waals surface area contributed by atoms with Crippen molar-refractivity contribution >= 4 is 40.5 Å². The van der Waals surface area contributed by atoms with Gasteiger partial charge in [0.1, 0.15) is 5.75 Å². The maximum atomic E-state index is 13.7. The van der Waals surface area contributed by atoms with E-state index in [1.807, 2.05) is 144 Å². The minimum atomic E-state index is -0.462. The number of carbonyl (C=O) groups excluding carboxylic acids is 3. The molecule has 454 valence electrons. The molecule has 3 atom stereocenters. The third-order valence-corrected chi connectivity index (χ3v) is 17.8. The van der Waals surface area contributed by atoms with E-state index in [0.29, 0.717) is 36.3 Å². The summed E-state index contributed by atoms with van der Waals surface area (Å²) in [5.74, 6) is 0.734. The number of nitro benzene ring substituents is 1. The summed E-state index contributed by atoms with van der Waals surface area (Å²) in [4.78, 5) is 57.0. The Morgan fingerprint density at radius 1 is 0.344 bits per heavy atom. The molecular formula is C83H66N4O6. The molecule has 10 heteroatoms. The molecular weight excluding hydrogens is 1150 g/mol. The minimum absolute atomic E-state index is 0.00161. The maximum Gasteiger partial charge on any atom is 0.269 e. The standard InChI is InChI=1S/C28H23NO2.C28H23NO.C27H20N2O3/c1-31-23-17-15-21(16-18-23)28(30)29-19-22-11-5-6-12-24(22)27(20-9-3-2-4-10-20)25-13-7-8-14-26(25)29;1-20-15-17-22(18-16-20)28(30)29-19-23-11-5-6-12-24(23)27(21-9-3-2-4-10-21)25-13-7-8-14-26(25)29;30-27(20-14-16-22(17-15-20)29(31)32)28-18-21-10-4-5-11-23(21)26(19-8-2-1-3-9-19)24-12-6-7-13-25(24)28/h2-18,27H,19H2,1H3;2-18,27H,19H2,1H3;1-17,26H,18H2. The Morgan fingerprint density at radius 2 is 0.613 bits per heavy atom. The van der Waals surface area contributed by atoms with Crippen LogP contribution in [0.3, 0.4) is 0 Å². The number of hydrogen-bond acceptors (Lipinski definition) is 6. The number of aryl methyl sites for hydroxylation is 1. The number of para-hydroxylation sites is 3. The van der Waals surface area contributed by atoms with Gasteiger partial charge in [-0.25, -0.2) is 0 Å². The van der Waals surface area contributed by atoms with Gasteiger partial charge in [0.2, 0.25) is 0 Å². The van der Waals surface area contributed by atoms with E-state index in [0.717, 1.165) is 61.8 Å². The van der Waals surface area contributed by atoms with E-state index in [9.17, 15) is 24.5 Å². The third kappa shape index (κ3) is 12.5. The van der Waals surface area contributed by atoms with Crippen LogP contribution in [0.15, 0.2) is 309 Å². The molecule has 10 nitrogen and oxygen atoms in total. The highest BCUT2D eigenvalue weighted by molar-refractivity contribution is 6.08. The third-order valence-electron chi connectivity index (χ3n) is 17.8. The van der Waals surface area contributed by atoms with Crippen LogP contribution in [0.1, 0.15) is 121 Å². The fraction of sp³-hybridized carbons (Fsp3) is 0.0964. The molecule has 0 saturated heterocycles. The van der Waals surface area contributed by atoms with E-state index in [-0.39, 0.29) is 41.2 Å². The lowest BCUT2D eigenvalue weighted by Gasteiger charge is -2.24. The van der Waals surface area contributed by atoms with E-state index < -0.39 is 4.92 Å². The Kier molecular flexibility index (Phi) is 17.6. The molecule has 15 rings (SSSR count). The molecule has 0 aromatic heterocycles. The predicted molar refractivity (Wildman–Crippen MR) is 370 cm³/mol. The summed E-state index contributed by atoms with van der Waals surface area (Å²) in [5, 5.41) is 11.0. The van der Waals surface area contributed by atoms with Crippen molar-refractivity contribution in [2.45, 2.75) is 44.3 Å². The number of carbonyl (C=O) groups is 3. The monoisotopic (exact) mass is 1210 g/mol. The molecule has 0 spiro atoms. The molecule has 93 heavy (non-hydrogen) atoms. The van der Waals surface area contributed by atoms with Gasteiger partial charge in [0.05, 0.1) is 31.7 Å². The summed E-state index contributed by atoms with van der Waals surface area (Å²) < 4.78 is 5.26. The lowest BCUT2D eigenvalue weighted by molar-refractivity contribution is -0.384. The largest absolute Gasteiger partial charge is 0.497 e. The molecule has 0 radical (unpaired) electrons. The van der Waals surface area contributed by atoms with Crippen LogP contribution in [0.25, 0.3) is 0 Å². The first kappa shape index (κ1) is 60.2. The van der Waals surface area contributed by atoms with E-state index >= 15 is 0 Å². The highest BCUT2D eigenvalue weighted by atomic mass is 16.6. The summed E-state index contributed by atoms with van der Waals surface area (Å²) in [5.41, 5.74) is 19.7. The van der Waals surface area contributed by atoms with Gasteiger partial charge in [0.25, 0.3) is 23.4 Å². The summed E-state index contributed by atoms with van der Waals surface area (Å²) in [6, 6.07) is 102. The first-order valence-corrected chi connectivity index (χ1v) is 31.2. The van der Waals surface area contributed by atoms with Gasteiger partial charge in [-0.3, -0.25) is 24.5 Å². The van der Waals surface area contributed by atoms with Crippen LogP contribution in [0, 0.1) is 17.0 Å². The average molecular weight is 1220 g/mol. The van der Waals surface area contributed by atoms with E-state index in [4.69, 9.17) is 4.74 Å². The average Bonchev–Trinajstić information content (AvgIpc) is 1.68. The van der Waals surface area contributed by atoms with Crippen LogP contribution in [0.4, 0.5) is 22.7 Å². The van der Waals surface area contributed by atoms with Crippen LogP contribution in [0.5, 0.6) is 5.75 Å². The van der Waals surface area contributed by atoms with Gasteiger partial charge < -0.3 is 19.4 Å². The molecule has 12 aromatic carbocycles. The lowest BCUT2D eigenvalue weighted by atomic mass is 9.83. The second-order valence-electron chi connectivity index (χ2n) is 23.4. The number of rotatable bonds is 8. The Balaban J connectivity index is 0.000000127. The Hall–Kier alpha value is -11.8. The number of nitro groups is 1. The topological polar surface area (TPSA) is 113 Å². The summed E-state index contributed by atoms with van der Waals surface area (Å²) >= 11 is 0. The fourth-order valence-electron chi connectivity index (χ4n) is 13.3. The van der Waals surface area contributed by atoms with Crippen molar-refractivity contribution in [2.75, 3.05) is 21.8 Å². The van der Waals surface area contributed by atoms with Crippen molar-refractivity contribution < 1.29 is 24.0 Å². The number of fused-ring (bicyclic) bond motifs is 6. The van der Waals surface area contributed by atoms with Crippen molar-refractivity contribution in [3.05, 3.63) is 409 Å². The summed E-state index contributed by atoms with van der Waals surface area (Å²) in [6.07, 6.45) is 0. The molecule has 0 saturated carbocycles. The molecule has 0 fully saturated rings. The highest BCUT2D eigenvalue weighted by Crippen LogP contribution is 2.46. The van der Waals surface area contributed by atoms with Gasteiger partial charge in [-0.15, -0.1) is 0 Å². The normalized spacial score (nSPS) is 14.9. The summed E-state index contributed by atoms with van der Waals surface area (Å²) in [7, 11) is 1.63. The van der Waals surface area contributed by atoms with Gasteiger partial charge >= 0.3 is 0 Å². The van der Waals surface area contributed by atoms with Crippen LogP contribution in [0.2, 0.25) is 0 Å². The quantitative estimate of drug-likeness (QED) is 0.111. The number of anilines is 3. The zero-order chi connectivity index (χ0) is 63.8. The number of non-ortho nitro benzene ring substituents is 1. The molecule has 3 aliphatic heterocycles. The van der Waals surface area contributed by atoms with Crippen molar-refractivity contribution in [3.8, 4) is 5.75 Å². The molecule has 0 N–H and O–H groups in total. The fourth-order valence-corrected chi connectivity index (χ4v) is 13.3. The predicted octanol–water partition coefficient (Wildman–Crippen LogP) is 18.3. The van der Waals surface area contributed by atoms with Gasteiger partial charge in [0.15, 0.2) is 0 Å². The number of methoxy groups -OCH3 is 1. The number of ether oxygens (including phenoxy) is 1. The number of hydrogen-bond donors (Lipinski definition) is 0. The molecule has 0 aliphatic carbocycles. The minimum Gasteiger partial charge on any atom is -0.497 e.